The zero-order chi connectivity index (χ0) is 17.1. The summed E-state index contributed by atoms with van der Waals surface area (Å²) < 4.78 is 0. The lowest BCUT2D eigenvalue weighted by molar-refractivity contribution is -0.146. The standard InChI is InChI=1S/C21H31N3O/c25-20(19-14-21(15-19)7-10-22-11-8-21)24-12-5-17(6-13-24)3-4-18-2-1-9-23-16-18/h1-2,9,16-17,19,22H,3-8,10-15H2. The van der Waals surface area contributed by atoms with Gasteiger partial charge in [0.15, 0.2) is 0 Å². The number of piperidine rings is 2. The van der Waals surface area contributed by atoms with Gasteiger partial charge in [-0.05, 0) is 87.4 Å². The summed E-state index contributed by atoms with van der Waals surface area (Å²) in [4.78, 5) is 19.2. The number of rotatable bonds is 4. The van der Waals surface area contributed by atoms with E-state index in [0.29, 0.717) is 17.2 Å². The van der Waals surface area contributed by atoms with Gasteiger partial charge in [0.1, 0.15) is 0 Å². The van der Waals surface area contributed by atoms with E-state index in [9.17, 15) is 4.79 Å². The minimum Gasteiger partial charge on any atom is -0.342 e. The van der Waals surface area contributed by atoms with Crippen LogP contribution in [0.3, 0.4) is 0 Å². The predicted molar refractivity (Wildman–Crippen MR) is 99.1 cm³/mol. The number of pyridine rings is 1. The highest BCUT2D eigenvalue weighted by molar-refractivity contribution is 5.80. The Hall–Kier alpha value is -1.42. The summed E-state index contributed by atoms with van der Waals surface area (Å²) in [5.74, 6) is 1.54. The van der Waals surface area contributed by atoms with Crippen molar-refractivity contribution in [2.45, 2.75) is 51.4 Å². The summed E-state index contributed by atoms with van der Waals surface area (Å²) in [5, 5.41) is 3.44. The van der Waals surface area contributed by atoms with E-state index in [2.05, 4.69) is 21.3 Å². The van der Waals surface area contributed by atoms with Crippen molar-refractivity contribution >= 4 is 5.91 Å². The largest absolute Gasteiger partial charge is 0.342 e. The van der Waals surface area contributed by atoms with Crippen LogP contribution in [0.2, 0.25) is 0 Å². The normalized spacial score (nSPS) is 24.2. The van der Waals surface area contributed by atoms with Crippen molar-refractivity contribution in [3.8, 4) is 0 Å². The maximum atomic E-state index is 12.8. The molecule has 4 nitrogen and oxygen atoms in total. The van der Waals surface area contributed by atoms with E-state index in [4.69, 9.17) is 0 Å². The van der Waals surface area contributed by atoms with Gasteiger partial charge in [-0.3, -0.25) is 9.78 Å². The van der Waals surface area contributed by atoms with Crippen molar-refractivity contribution in [2.24, 2.45) is 17.3 Å². The molecule has 0 aromatic carbocycles. The molecule has 0 unspecified atom stereocenters. The van der Waals surface area contributed by atoms with E-state index in [1.807, 2.05) is 18.5 Å². The highest BCUT2D eigenvalue weighted by atomic mass is 16.2. The first-order chi connectivity index (χ1) is 12.2. The first kappa shape index (κ1) is 17.0. The molecule has 25 heavy (non-hydrogen) atoms. The molecule has 3 heterocycles. The SMILES string of the molecule is O=C(C1CC2(CCNCC2)C1)N1CCC(CCc2cccnc2)CC1. The van der Waals surface area contributed by atoms with Gasteiger partial charge in [0.2, 0.25) is 5.91 Å². The third kappa shape index (κ3) is 3.89. The molecule has 4 rings (SSSR count). The third-order valence-corrected chi connectivity index (χ3v) is 6.86. The average molecular weight is 341 g/mol. The molecule has 0 radical (unpaired) electrons. The first-order valence-electron chi connectivity index (χ1n) is 10.1. The van der Waals surface area contributed by atoms with E-state index < -0.39 is 0 Å². The van der Waals surface area contributed by atoms with Crippen LogP contribution in [-0.2, 0) is 11.2 Å². The lowest BCUT2D eigenvalue weighted by Crippen LogP contribution is -2.52. The Morgan fingerprint density at radius 1 is 1.24 bits per heavy atom. The number of hydrogen-bond acceptors (Lipinski definition) is 3. The van der Waals surface area contributed by atoms with Gasteiger partial charge >= 0.3 is 0 Å². The Morgan fingerprint density at radius 2 is 2.00 bits per heavy atom. The molecule has 1 amide bonds. The van der Waals surface area contributed by atoms with Gasteiger partial charge in [-0.1, -0.05) is 6.07 Å². The van der Waals surface area contributed by atoms with Crippen LogP contribution in [-0.4, -0.2) is 42.0 Å². The molecule has 1 aliphatic carbocycles. The van der Waals surface area contributed by atoms with E-state index in [-0.39, 0.29) is 0 Å². The fourth-order valence-electron chi connectivity index (χ4n) is 5.14. The smallest absolute Gasteiger partial charge is 0.225 e. The third-order valence-electron chi connectivity index (χ3n) is 6.86. The number of amides is 1. The molecule has 1 spiro atoms. The van der Waals surface area contributed by atoms with Crippen LogP contribution in [0.15, 0.2) is 24.5 Å². The van der Waals surface area contributed by atoms with Crippen molar-refractivity contribution < 1.29 is 4.79 Å². The van der Waals surface area contributed by atoms with E-state index >= 15 is 0 Å². The second-order valence-corrected chi connectivity index (χ2v) is 8.52. The maximum Gasteiger partial charge on any atom is 0.225 e. The van der Waals surface area contributed by atoms with Crippen molar-refractivity contribution in [3.05, 3.63) is 30.1 Å². The van der Waals surface area contributed by atoms with Crippen LogP contribution >= 0.6 is 0 Å². The zero-order valence-electron chi connectivity index (χ0n) is 15.3. The Bertz CT molecular complexity index is 566. The monoisotopic (exact) mass is 341 g/mol. The molecule has 1 saturated carbocycles. The first-order valence-corrected chi connectivity index (χ1v) is 10.1. The van der Waals surface area contributed by atoms with E-state index in [1.165, 1.54) is 37.7 Å². The van der Waals surface area contributed by atoms with Gasteiger partial charge in [0.05, 0.1) is 0 Å². The molecule has 3 aliphatic rings. The Morgan fingerprint density at radius 3 is 2.68 bits per heavy atom. The van der Waals surface area contributed by atoms with E-state index in [0.717, 1.165) is 51.4 Å². The second kappa shape index (κ2) is 7.45. The van der Waals surface area contributed by atoms with Crippen LogP contribution < -0.4 is 5.32 Å². The molecule has 1 aromatic heterocycles. The van der Waals surface area contributed by atoms with Crippen molar-refractivity contribution in [2.75, 3.05) is 26.2 Å². The predicted octanol–water partition coefficient (Wildman–Crippen LogP) is 3.03. The lowest BCUT2D eigenvalue weighted by Gasteiger charge is -2.51. The van der Waals surface area contributed by atoms with Crippen LogP contribution in [0.25, 0.3) is 0 Å². The second-order valence-electron chi connectivity index (χ2n) is 8.52. The molecule has 2 aliphatic heterocycles. The van der Waals surface area contributed by atoms with Gasteiger partial charge < -0.3 is 10.2 Å². The summed E-state index contributed by atoms with van der Waals surface area (Å²) in [6.07, 6.45) is 13.3. The molecule has 1 aromatic rings. The molecule has 2 saturated heterocycles. The van der Waals surface area contributed by atoms with Gasteiger partial charge in [0, 0.05) is 31.4 Å². The highest BCUT2D eigenvalue weighted by Gasteiger charge is 2.48. The molecule has 1 N–H and O–H groups in total. The van der Waals surface area contributed by atoms with Crippen molar-refractivity contribution in [1.29, 1.82) is 0 Å². The number of hydrogen-bond donors (Lipinski definition) is 1. The summed E-state index contributed by atoms with van der Waals surface area (Å²) in [6, 6.07) is 4.18. The molecule has 4 heteroatoms. The number of aryl methyl sites for hydroxylation is 1. The molecular weight excluding hydrogens is 310 g/mol. The van der Waals surface area contributed by atoms with E-state index in [1.54, 1.807) is 0 Å². The number of carbonyl (C=O) groups excluding carboxylic acids is 1. The van der Waals surface area contributed by atoms with Crippen LogP contribution in [0, 0.1) is 17.3 Å². The minimum absolute atomic E-state index is 0.324. The summed E-state index contributed by atoms with van der Waals surface area (Å²) >= 11 is 0. The summed E-state index contributed by atoms with van der Waals surface area (Å²) in [7, 11) is 0. The number of nitrogens with zero attached hydrogens (tertiary/aromatic N) is 2. The molecule has 0 bridgehead atoms. The van der Waals surface area contributed by atoms with Crippen molar-refractivity contribution in [1.82, 2.24) is 15.2 Å². The number of nitrogens with one attached hydrogen (secondary N) is 1. The fourth-order valence-corrected chi connectivity index (χ4v) is 5.14. The number of likely N-dealkylation sites (tertiary alicyclic amines) is 1. The number of carbonyl (C=O) groups is 1. The maximum absolute atomic E-state index is 12.8. The van der Waals surface area contributed by atoms with Gasteiger partial charge in [-0.15, -0.1) is 0 Å². The highest BCUT2D eigenvalue weighted by Crippen LogP contribution is 2.52. The van der Waals surface area contributed by atoms with Crippen LogP contribution in [0.1, 0.15) is 50.5 Å². The molecule has 3 fully saturated rings. The molecular formula is C21H31N3O. The van der Waals surface area contributed by atoms with Gasteiger partial charge in [-0.2, -0.15) is 0 Å². The minimum atomic E-state index is 0.324. The summed E-state index contributed by atoms with van der Waals surface area (Å²) in [5.41, 5.74) is 1.84. The van der Waals surface area contributed by atoms with Crippen LogP contribution in [0.4, 0.5) is 0 Å². The topological polar surface area (TPSA) is 45.2 Å². The van der Waals surface area contributed by atoms with Gasteiger partial charge in [0.25, 0.3) is 0 Å². The van der Waals surface area contributed by atoms with Gasteiger partial charge in [-0.25, -0.2) is 0 Å². The quantitative estimate of drug-likeness (QED) is 0.915. The van der Waals surface area contributed by atoms with Crippen LogP contribution in [0.5, 0.6) is 0 Å². The molecule has 136 valence electrons. The lowest BCUT2D eigenvalue weighted by atomic mass is 9.57. The fraction of sp³-hybridized carbons (Fsp3) is 0.714. The Kier molecular flexibility index (Phi) is 5.07. The molecule has 0 atom stereocenters. The Labute approximate surface area is 151 Å². The van der Waals surface area contributed by atoms with Crippen molar-refractivity contribution in [3.63, 3.8) is 0 Å². The Balaban J connectivity index is 1.19. The zero-order valence-corrected chi connectivity index (χ0v) is 15.3. The number of aromatic nitrogens is 1. The average Bonchev–Trinajstić information content (AvgIpc) is 2.66. The summed E-state index contributed by atoms with van der Waals surface area (Å²) in [6.45, 7) is 4.23.